The molecule has 6 nitrogen and oxygen atoms in total. The first-order chi connectivity index (χ1) is 14.5. The van der Waals surface area contributed by atoms with Gasteiger partial charge in [-0.1, -0.05) is 46.9 Å². The molecule has 1 saturated heterocycles. The van der Waals surface area contributed by atoms with Gasteiger partial charge in [0.2, 0.25) is 5.13 Å². The maximum Gasteiger partial charge on any atom is 0.321 e. The number of halogens is 3. The Labute approximate surface area is 193 Å². The van der Waals surface area contributed by atoms with E-state index in [1.807, 2.05) is 24.3 Å². The second-order valence-corrected chi connectivity index (χ2v) is 8.81. The molecule has 0 saturated carbocycles. The smallest absolute Gasteiger partial charge is 0.321 e. The number of piperazine rings is 1. The Hall–Kier alpha value is -2.06. The maximum atomic E-state index is 12.5. The van der Waals surface area contributed by atoms with E-state index in [2.05, 4.69) is 19.6 Å². The maximum absolute atomic E-state index is 12.5. The number of carbonyl (C=O) groups excluding carboxylic acids is 1. The van der Waals surface area contributed by atoms with E-state index in [0.717, 1.165) is 16.5 Å². The van der Waals surface area contributed by atoms with E-state index in [0.29, 0.717) is 53.4 Å². The van der Waals surface area contributed by atoms with Gasteiger partial charge in [0.25, 0.3) is 0 Å². The van der Waals surface area contributed by atoms with Crippen LogP contribution in [-0.4, -0.2) is 46.5 Å². The Morgan fingerprint density at radius 1 is 1.00 bits per heavy atom. The molecule has 30 heavy (non-hydrogen) atoms. The van der Waals surface area contributed by atoms with Crippen molar-refractivity contribution < 1.29 is 4.79 Å². The van der Waals surface area contributed by atoms with Crippen LogP contribution in [0.25, 0.3) is 0 Å². The fourth-order valence-corrected chi connectivity index (χ4v) is 4.27. The molecule has 1 aliphatic rings. The first kappa shape index (κ1) is 21.2. The van der Waals surface area contributed by atoms with Crippen molar-refractivity contribution >= 4 is 63.2 Å². The highest BCUT2D eigenvalue weighted by molar-refractivity contribution is 7.09. The molecule has 0 radical (unpaired) electrons. The van der Waals surface area contributed by atoms with Crippen LogP contribution in [0.3, 0.4) is 0 Å². The second-order valence-electron chi connectivity index (χ2n) is 6.83. The summed E-state index contributed by atoms with van der Waals surface area (Å²) in [6, 6.07) is 12.6. The van der Waals surface area contributed by atoms with E-state index in [1.165, 1.54) is 11.5 Å². The average Bonchev–Trinajstić information content (AvgIpc) is 3.21. The molecule has 0 aliphatic carbocycles. The van der Waals surface area contributed by atoms with Crippen molar-refractivity contribution in [2.24, 2.45) is 0 Å². The normalized spacial score (nSPS) is 14.1. The molecule has 1 aromatic heterocycles. The van der Waals surface area contributed by atoms with Crippen LogP contribution in [0.1, 0.15) is 11.4 Å². The summed E-state index contributed by atoms with van der Waals surface area (Å²) in [4.78, 5) is 21.1. The van der Waals surface area contributed by atoms with Gasteiger partial charge in [0.15, 0.2) is 0 Å². The third-order valence-electron chi connectivity index (χ3n) is 4.74. The van der Waals surface area contributed by atoms with Crippen LogP contribution in [0.15, 0.2) is 42.5 Å². The standard InChI is InChI=1S/C20H18Cl3N5OS/c21-14-3-1-13(2-4-14)11-18-25-20(30-26-18)28-9-7-27(8-10-28)19(29)24-15-5-6-16(22)17(23)12-15/h1-6,12H,7-11H2,(H,24,29). The van der Waals surface area contributed by atoms with Gasteiger partial charge in [-0.2, -0.15) is 4.37 Å². The minimum atomic E-state index is -0.159. The Morgan fingerprint density at radius 3 is 2.43 bits per heavy atom. The van der Waals surface area contributed by atoms with Crippen LogP contribution in [0.4, 0.5) is 15.6 Å². The van der Waals surface area contributed by atoms with Crippen LogP contribution in [-0.2, 0) is 6.42 Å². The van der Waals surface area contributed by atoms with Crippen LogP contribution >= 0.6 is 46.3 Å². The summed E-state index contributed by atoms with van der Waals surface area (Å²) in [5, 5.41) is 5.31. The lowest BCUT2D eigenvalue weighted by Gasteiger charge is -2.34. The van der Waals surface area contributed by atoms with Gasteiger partial charge < -0.3 is 15.1 Å². The molecule has 0 bridgehead atoms. The lowest BCUT2D eigenvalue weighted by atomic mass is 10.1. The van der Waals surface area contributed by atoms with Gasteiger partial charge in [0.05, 0.1) is 10.0 Å². The number of amides is 2. The van der Waals surface area contributed by atoms with Crippen molar-refractivity contribution in [3.05, 3.63) is 68.9 Å². The zero-order valence-electron chi connectivity index (χ0n) is 15.8. The molecule has 0 spiro atoms. The van der Waals surface area contributed by atoms with E-state index in [1.54, 1.807) is 23.1 Å². The number of benzene rings is 2. The van der Waals surface area contributed by atoms with Crippen molar-refractivity contribution in [1.82, 2.24) is 14.3 Å². The number of hydrogen-bond donors (Lipinski definition) is 1. The third kappa shape index (κ3) is 5.16. The summed E-state index contributed by atoms with van der Waals surface area (Å²) in [7, 11) is 0. The number of nitrogens with one attached hydrogen (secondary N) is 1. The van der Waals surface area contributed by atoms with Crippen molar-refractivity contribution in [3.63, 3.8) is 0 Å². The zero-order chi connectivity index (χ0) is 21.1. The highest BCUT2D eigenvalue weighted by atomic mass is 35.5. The minimum Gasteiger partial charge on any atom is -0.343 e. The molecule has 2 aromatic carbocycles. The average molecular weight is 483 g/mol. The molecule has 2 heterocycles. The van der Waals surface area contributed by atoms with Gasteiger partial charge in [-0.25, -0.2) is 9.78 Å². The van der Waals surface area contributed by atoms with E-state index < -0.39 is 0 Å². The summed E-state index contributed by atoms with van der Waals surface area (Å²) in [5.41, 5.74) is 1.74. The van der Waals surface area contributed by atoms with E-state index >= 15 is 0 Å². The number of rotatable bonds is 4. The van der Waals surface area contributed by atoms with Crippen molar-refractivity contribution in [1.29, 1.82) is 0 Å². The van der Waals surface area contributed by atoms with Crippen LogP contribution < -0.4 is 10.2 Å². The Morgan fingerprint density at radius 2 is 1.73 bits per heavy atom. The zero-order valence-corrected chi connectivity index (χ0v) is 18.9. The monoisotopic (exact) mass is 481 g/mol. The van der Waals surface area contributed by atoms with Crippen molar-refractivity contribution in [3.8, 4) is 0 Å². The molecule has 10 heteroatoms. The lowest BCUT2D eigenvalue weighted by Crippen LogP contribution is -2.50. The molecule has 4 rings (SSSR count). The Kier molecular flexibility index (Phi) is 6.63. The lowest BCUT2D eigenvalue weighted by molar-refractivity contribution is 0.208. The van der Waals surface area contributed by atoms with Crippen LogP contribution in [0.5, 0.6) is 0 Å². The molecular formula is C20H18Cl3N5OS. The number of urea groups is 1. The van der Waals surface area contributed by atoms with E-state index in [-0.39, 0.29) is 6.03 Å². The third-order valence-corrected chi connectivity index (χ3v) is 6.55. The molecule has 2 amide bonds. The number of nitrogens with zero attached hydrogens (tertiary/aromatic N) is 4. The summed E-state index contributed by atoms with van der Waals surface area (Å²) in [5.74, 6) is 0.789. The predicted molar refractivity (Wildman–Crippen MR) is 123 cm³/mol. The number of hydrogen-bond acceptors (Lipinski definition) is 5. The molecule has 1 N–H and O–H groups in total. The summed E-state index contributed by atoms with van der Waals surface area (Å²) < 4.78 is 4.47. The quantitative estimate of drug-likeness (QED) is 0.538. The number of carbonyl (C=O) groups is 1. The van der Waals surface area contributed by atoms with E-state index in [4.69, 9.17) is 34.8 Å². The fourth-order valence-electron chi connectivity index (χ4n) is 3.11. The van der Waals surface area contributed by atoms with Gasteiger partial charge in [-0.15, -0.1) is 0 Å². The first-order valence-electron chi connectivity index (χ1n) is 9.31. The molecule has 3 aromatic rings. The summed E-state index contributed by atoms with van der Waals surface area (Å²) in [6.45, 7) is 2.59. The van der Waals surface area contributed by atoms with Crippen molar-refractivity contribution in [2.75, 3.05) is 36.4 Å². The SMILES string of the molecule is O=C(Nc1ccc(Cl)c(Cl)c1)N1CCN(c2nc(Cc3ccc(Cl)cc3)ns2)CC1. The minimum absolute atomic E-state index is 0.159. The highest BCUT2D eigenvalue weighted by Crippen LogP contribution is 2.25. The Balaban J connectivity index is 1.31. The number of aromatic nitrogens is 2. The van der Waals surface area contributed by atoms with Gasteiger partial charge >= 0.3 is 6.03 Å². The van der Waals surface area contributed by atoms with Crippen molar-refractivity contribution in [2.45, 2.75) is 6.42 Å². The van der Waals surface area contributed by atoms with Gasteiger partial charge in [0, 0.05) is 54.8 Å². The largest absolute Gasteiger partial charge is 0.343 e. The van der Waals surface area contributed by atoms with Gasteiger partial charge in [0.1, 0.15) is 5.82 Å². The van der Waals surface area contributed by atoms with Gasteiger partial charge in [-0.05, 0) is 35.9 Å². The predicted octanol–water partition coefficient (Wildman–Crippen LogP) is 5.44. The fraction of sp³-hybridized carbons (Fsp3) is 0.250. The molecule has 1 fully saturated rings. The number of anilines is 2. The van der Waals surface area contributed by atoms with E-state index in [9.17, 15) is 4.79 Å². The topological polar surface area (TPSA) is 61.4 Å². The Bertz CT molecular complexity index is 1040. The molecular weight excluding hydrogens is 465 g/mol. The molecule has 0 unspecified atom stereocenters. The second kappa shape index (κ2) is 9.39. The molecule has 1 aliphatic heterocycles. The van der Waals surface area contributed by atoms with Crippen LogP contribution in [0, 0.1) is 0 Å². The first-order valence-corrected chi connectivity index (χ1v) is 11.2. The molecule has 156 valence electrons. The molecule has 0 atom stereocenters. The summed E-state index contributed by atoms with van der Waals surface area (Å²) >= 11 is 19.2. The highest BCUT2D eigenvalue weighted by Gasteiger charge is 2.23. The van der Waals surface area contributed by atoms with Gasteiger partial charge in [-0.3, -0.25) is 0 Å². The van der Waals surface area contributed by atoms with Crippen LogP contribution in [0.2, 0.25) is 15.1 Å². The summed E-state index contributed by atoms with van der Waals surface area (Å²) in [6.07, 6.45) is 0.666.